The molecular weight excluding hydrogens is 394 g/mol. The van der Waals surface area contributed by atoms with Gasteiger partial charge < -0.3 is 19.3 Å². The molecule has 1 aliphatic carbocycles. The minimum Gasteiger partial charge on any atom is -0.466 e. The van der Waals surface area contributed by atoms with E-state index in [0.29, 0.717) is 31.1 Å². The van der Waals surface area contributed by atoms with Crippen LogP contribution < -0.4 is 9.80 Å². The average molecular weight is 432 g/mol. The molecule has 2 saturated heterocycles. The molecule has 8 nitrogen and oxygen atoms in total. The van der Waals surface area contributed by atoms with E-state index in [1.165, 1.54) is 0 Å². The summed E-state index contributed by atoms with van der Waals surface area (Å²) in [4.78, 5) is 29.5. The predicted octanol–water partition coefficient (Wildman–Crippen LogP) is 2.11. The summed E-state index contributed by atoms with van der Waals surface area (Å²) in [6.07, 6.45) is 5.80. The van der Waals surface area contributed by atoms with Gasteiger partial charge in [-0.2, -0.15) is 4.98 Å². The van der Waals surface area contributed by atoms with Gasteiger partial charge in [0.15, 0.2) is 0 Å². The van der Waals surface area contributed by atoms with E-state index >= 15 is 0 Å². The van der Waals surface area contributed by atoms with Gasteiger partial charge in [-0.15, -0.1) is 0 Å². The molecule has 8 heteroatoms. The molecule has 3 heterocycles. The van der Waals surface area contributed by atoms with E-state index in [1.807, 2.05) is 39.0 Å². The highest BCUT2D eigenvalue weighted by Gasteiger charge is 2.54. The molecule has 2 aliphatic heterocycles. The molecule has 0 unspecified atom stereocenters. The van der Waals surface area contributed by atoms with Gasteiger partial charge >= 0.3 is 5.97 Å². The Morgan fingerprint density at radius 1 is 1.29 bits per heavy atom. The molecule has 0 bridgehead atoms. The SMILES string of the molecule is CCOC(=O)[C@@]12CC[C@@H](N3CCOCC3)C[C@H]1CCN(c1ncc(C)c(N(C)C)n1)C2. The summed E-state index contributed by atoms with van der Waals surface area (Å²) in [7, 11) is 4.00. The predicted molar refractivity (Wildman–Crippen MR) is 121 cm³/mol. The lowest BCUT2D eigenvalue weighted by atomic mass is 9.61. The number of hydrogen-bond acceptors (Lipinski definition) is 8. The topological polar surface area (TPSA) is 71.0 Å². The molecule has 4 rings (SSSR count). The maximum Gasteiger partial charge on any atom is 0.314 e. The van der Waals surface area contributed by atoms with Crippen molar-refractivity contribution in [2.45, 2.75) is 45.6 Å². The number of esters is 1. The van der Waals surface area contributed by atoms with Crippen molar-refractivity contribution in [2.75, 3.05) is 69.9 Å². The van der Waals surface area contributed by atoms with Gasteiger partial charge in [-0.25, -0.2) is 4.98 Å². The van der Waals surface area contributed by atoms with E-state index in [4.69, 9.17) is 14.5 Å². The Kier molecular flexibility index (Phi) is 6.67. The minimum atomic E-state index is -0.469. The zero-order valence-electron chi connectivity index (χ0n) is 19.5. The monoisotopic (exact) mass is 431 g/mol. The number of morpholine rings is 1. The van der Waals surface area contributed by atoms with Crippen molar-refractivity contribution < 1.29 is 14.3 Å². The number of aryl methyl sites for hydroxylation is 1. The normalized spacial score (nSPS) is 29.4. The summed E-state index contributed by atoms with van der Waals surface area (Å²) in [5.74, 6) is 1.94. The van der Waals surface area contributed by atoms with E-state index in [0.717, 1.165) is 69.9 Å². The van der Waals surface area contributed by atoms with Gasteiger partial charge in [0, 0.05) is 58.1 Å². The van der Waals surface area contributed by atoms with Gasteiger partial charge in [0.1, 0.15) is 5.82 Å². The first kappa shape index (κ1) is 22.3. The highest BCUT2D eigenvalue weighted by atomic mass is 16.5. The van der Waals surface area contributed by atoms with Crippen LogP contribution in [-0.4, -0.2) is 87.0 Å². The third-order valence-electron chi connectivity index (χ3n) is 7.36. The van der Waals surface area contributed by atoms with Crippen LogP contribution in [0.1, 0.15) is 38.2 Å². The van der Waals surface area contributed by atoms with Gasteiger partial charge in [-0.05, 0) is 45.4 Å². The molecule has 1 aromatic heterocycles. The number of ether oxygens (including phenoxy) is 2. The lowest BCUT2D eigenvalue weighted by Crippen LogP contribution is -2.59. The Morgan fingerprint density at radius 3 is 2.77 bits per heavy atom. The lowest BCUT2D eigenvalue weighted by molar-refractivity contribution is -0.164. The van der Waals surface area contributed by atoms with Crippen molar-refractivity contribution in [3.63, 3.8) is 0 Å². The van der Waals surface area contributed by atoms with Crippen molar-refractivity contribution in [1.82, 2.24) is 14.9 Å². The number of piperidine rings is 1. The second-order valence-electron chi connectivity index (χ2n) is 9.43. The molecule has 0 aromatic carbocycles. The van der Waals surface area contributed by atoms with Crippen molar-refractivity contribution >= 4 is 17.7 Å². The van der Waals surface area contributed by atoms with Crippen LogP contribution in [0.4, 0.5) is 11.8 Å². The van der Waals surface area contributed by atoms with Crippen LogP contribution in [-0.2, 0) is 14.3 Å². The first-order valence-electron chi connectivity index (χ1n) is 11.7. The number of anilines is 2. The van der Waals surface area contributed by atoms with Gasteiger partial charge in [-0.3, -0.25) is 9.69 Å². The third kappa shape index (κ3) is 4.37. The molecule has 31 heavy (non-hydrogen) atoms. The second-order valence-corrected chi connectivity index (χ2v) is 9.43. The van der Waals surface area contributed by atoms with Gasteiger partial charge in [0.05, 0.1) is 25.2 Å². The summed E-state index contributed by atoms with van der Waals surface area (Å²) in [6.45, 7) is 9.49. The number of nitrogens with zero attached hydrogens (tertiary/aromatic N) is 5. The fourth-order valence-corrected chi connectivity index (χ4v) is 5.72. The Bertz CT molecular complexity index is 782. The van der Waals surface area contributed by atoms with Crippen LogP contribution in [0.3, 0.4) is 0 Å². The van der Waals surface area contributed by atoms with Crippen LogP contribution in [0.15, 0.2) is 6.20 Å². The minimum absolute atomic E-state index is 0.0370. The van der Waals surface area contributed by atoms with Gasteiger partial charge in [-0.1, -0.05) is 0 Å². The summed E-state index contributed by atoms with van der Waals surface area (Å²) in [5.41, 5.74) is 0.582. The Morgan fingerprint density at radius 2 is 2.06 bits per heavy atom. The number of fused-ring (bicyclic) bond motifs is 1. The quantitative estimate of drug-likeness (QED) is 0.657. The van der Waals surface area contributed by atoms with Crippen LogP contribution in [0.25, 0.3) is 0 Å². The van der Waals surface area contributed by atoms with Crippen molar-refractivity contribution in [3.8, 4) is 0 Å². The fraction of sp³-hybridized carbons (Fsp3) is 0.783. The summed E-state index contributed by atoms with van der Waals surface area (Å²) in [6, 6.07) is 0.541. The van der Waals surface area contributed by atoms with Crippen molar-refractivity contribution in [2.24, 2.45) is 11.3 Å². The van der Waals surface area contributed by atoms with Crippen molar-refractivity contribution in [1.29, 1.82) is 0 Å². The molecular formula is C23H37N5O3. The number of carbonyl (C=O) groups is 1. The molecule has 0 spiro atoms. The zero-order valence-corrected chi connectivity index (χ0v) is 19.5. The molecule has 1 aromatic rings. The number of aromatic nitrogens is 2. The standard InChI is InChI=1S/C23H37N5O3/c1-5-31-21(29)23-8-6-19(27-10-12-30-13-11-27)14-18(23)7-9-28(16-23)22-24-15-17(2)20(25-22)26(3)4/h15,18-19H,5-14,16H2,1-4H3/t18-,19-,23-/m1/s1. The maximum absolute atomic E-state index is 13.3. The smallest absolute Gasteiger partial charge is 0.314 e. The molecule has 3 fully saturated rings. The zero-order chi connectivity index (χ0) is 22.0. The van der Waals surface area contributed by atoms with Crippen molar-refractivity contribution in [3.05, 3.63) is 11.8 Å². The highest BCUT2D eigenvalue weighted by molar-refractivity contribution is 5.79. The van der Waals surface area contributed by atoms with Gasteiger partial charge in [0.2, 0.25) is 5.95 Å². The number of rotatable bonds is 5. The Hall–Kier alpha value is -1.93. The lowest BCUT2D eigenvalue weighted by Gasteiger charge is -2.52. The van der Waals surface area contributed by atoms with E-state index < -0.39 is 5.41 Å². The molecule has 1 saturated carbocycles. The summed E-state index contributed by atoms with van der Waals surface area (Å²) >= 11 is 0. The molecule has 0 N–H and O–H groups in total. The van der Waals surface area contributed by atoms with Crippen LogP contribution in [0.5, 0.6) is 0 Å². The molecule has 0 radical (unpaired) electrons. The van der Waals surface area contributed by atoms with E-state index in [-0.39, 0.29) is 5.97 Å². The highest BCUT2D eigenvalue weighted by Crippen LogP contribution is 2.49. The first-order valence-corrected chi connectivity index (χ1v) is 11.7. The molecule has 172 valence electrons. The van der Waals surface area contributed by atoms with Crippen LogP contribution in [0, 0.1) is 18.3 Å². The Balaban J connectivity index is 1.56. The summed E-state index contributed by atoms with van der Waals surface area (Å²) in [5, 5.41) is 0. The van der Waals surface area contributed by atoms with E-state index in [1.54, 1.807) is 0 Å². The van der Waals surface area contributed by atoms with Gasteiger partial charge in [0.25, 0.3) is 0 Å². The van der Waals surface area contributed by atoms with Crippen LogP contribution >= 0.6 is 0 Å². The summed E-state index contributed by atoms with van der Waals surface area (Å²) < 4.78 is 11.2. The van der Waals surface area contributed by atoms with Crippen LogP contribution in [0.2, 0.25) is 0 Å². The number of hydrogen-bond donors (Lipinski definition) is 0. The molecule has 3 aliphatic rings. The maximum atomic E-state index is 13.3. The third-order valence-corrected chi connectivity index (χ3v) is 7.36. The molecule has 0 amide bonds. The first-order chi connectivity index (χ1) is 14.9. The fourth-order valence-electron chi connectivity index (χ4n) is 5.72. The molecule has 3 atom stereocenters. The Labute approximate surface area is 185 Å². The largest absolute Gasteiger partial charge is 0.466 e. The average Bonchev–Trinajstić information content (AvgIpc) is 2.79. The number of carbonyl (C=O) groups excluding carboxylic acids is 1. The second kappa shape index (κ2) is 9.28. The van der Waals surface area contributed by atoms with E-state index in [9.17, 15) is 4.79 Å². The van der Waals surface area contributed by atoms with E-state index in [2.05, 4.69) is 14.8 Å².